The first-order valence-corrected chi connectivity index (χ1v) is 4.71. The van der Waals surface area contributed by atoms with Crippen molar-refractivity contribution in [1.29, 1.82) is 0 Å². The number of rotatable bonds is 1. The molecule has 0 radical (unpaired) electrons. The van der Waals surface area contributed by atoms with E-state index in [0.29, 0.717) is 0 Å². The van der Waals surface area contributed by atoms with E-state index in [1.54, 1.807) is 0 Å². The van der Waals surface area contributed by atoms with E-state index >= 15 is 0 Å². The largest absolute Gasteiger partial charge is 0.389 e. The third-order valence-electron chi connectivity index (χ3n) is 2.24. The van der Waals surface area contributed by atoms with Crippen LogP contribution in [0.3, 0.4) is 0 Å². The zero-order valence-corrected chi connectivity index (χ0v) is 8.02. The van der Waals surface area contributed by atoms with Gasteiger partial charge in [0, 0.05) is 6.42 Å². The van der Waals surface area contributed by atoms with Crippen LogP contribution in [0.5, 0.6) is 0 Å². The predicted octanol–water partition coefficient (Wildman–Crippen LogP) is 2.62. The Labute approximate surface area is 81.7 Å². The standard InChI is InChI=1S/C8H13F3.CH3NO/c9-8(10,11)6-7-4-2-1-3-5-7;2-1-3/h7H,1-6H2;1H,(H2,2,3). The molecular formula is C9H16F3NO. The van der Waals surface area contributed by atoms with Gasteiger partial charge in [-0.15, -0.1) is 0 Å². The first kappa shape index (κ1) is 13.3. The Kier molecular flexibility index (Phi) is 6.32. The Balaban J connectivity index is 0.000000500. The highest BCUT2D eigenvalue weighted by Crippen LogP contribution is 2.33. The topological polar surface area (TPSA) is 43.1 Å². The van der Waals surface area contributed by atoms with Crippen LogP contribution in [0.25, 0.3) is 0 Å². The highest BCUT2D eigenvalue weighted by Gasteiger charge is 2.32. The molecule has 0 aliphatic heterocycles. The van der Waals surface area contributed by atoms with Crippen molar-refractivity contribution < 1.29 is 18.0 Å². The van der Waals surface area contributed by atoms with E-state index in [1.807, 2.05) is 0 Å². The first-order valence-electron chi connectivity index (χ1n) is 4.71. The molecule has 5 heteroatoms. The molecule has 1 aliphatic carbocycles. The maximum atomic E-state index is 11.8. The molecule has 0 spiro atoms. The molecule has 1 rings (SSSR count). The summed E-state index contributed by atoms with van der Waals surface area (Å²) in [4.78, 5) is 8.58. The summed E-state index contributed by atoms with van der Waals surface area (Å²) in [5.74, 6) is -0.0799. The van der Waals surface area contributed by atoms with E-state index in [9.17, 15) is 13.2 Å². The fraction of sp³-hybridized carbons (Fsp3) is 0.889. The number of hydrogen-bond donors (Lipinski definition) is 1. The Hall–Kier alpha value is -0.740. The molecule has 1 fully saturated rings. The fourth-order valence-electron chi connectivity index (χ4n) is 1.72. The second kappa shape index (κ2) is 6.68. The van der Waals surface area contributed by atoms with Gasteiger partial charge in [0.2, 0.25) is 6.41 Å². The number of hydrogen-bond acceptors (Lipinski definition) is 1. The van der Waals surface area contributed by atoms with Crippen LogP contribution in [0.1, 0.15) is 38.5 Å². The van der Waals surface area contributed by atoms with Gasteiger partial charge in [-0.05, 0) is 5.92 Å². The molecular weight excluding hydrogens is 195 g/mol. The Morgan fingerprint density at radius 3 is 2.00 bits per heavy atom. The van der Waals surface area contributed by atoms with Gasteiger partial charge in [0.05, 0.1) is 0 Å². The van der Waals surface area contributed by atoms with Gasteiger partial charge in [0.15, 0.2) is 0 Å². The lowest BCUT2D eigenvalue weighted by atomic mass is 9.87. The number of carbonyl (C=O) groups excluding carboxylic acids is 1. The molecule has 2 N–H and O–H groups in total. The minimum absolute atomic E-state index is 0.0799. The van der Waals surface area contributed by atoms with Crippen LogP contribution in [0.4, 0.5) is 13.2 Å². The molecule has 0 aromatic rings. The number of primary amides is 1. The van der Waals surface area contributed by atoms with E-state index in [-0.39, 0.29) is 12.3 Å². The van der Waals surface area contributed by atoms with Crippen LogP contribution in [-0.2, 0) is 4.79 Å². The van der Waals surface area contributed by atoms with E-state index < -0.39 is 12.6 Å². The predicted molar refractivity (Wildman–Crippen MR) is 47.5 cm³/mol. The van der Waals surface area contributed by atoms with E-state index in [2.05, 4.69) is 5.73 Å². The molecule has 0 heterocycles. The normalized spacial score (nSPS) is 18.2. The molecule has 2 nitrogen and oxygen atoms in total. The van der Waals surface area contributed by atoms with Gasteiger partial charge in [-0.1, -0.05) is 32.1 Å². The molecule has 0 saturated heterocycles. The number of alkyl halides is 3. The van der Waals surface area contributed by atoms with Crippen LogP contribution in [0, 0.1) is 5.92 Å². The molecule has 1 aliphatic rings. The summed E-state index contributed by atoms with van der Waals surface area (Å²) in [6.45, 7) is 0. The molecule has 84 valence electrons. The molecule has 0 bridgehead atoms. The van der Waals surface area contributed by atoms with Crippen molar-refractivity contribution in [2.75, 3.05) is 0 Å². The molecule has 14 heavy (non-hydrogen) atoms. The van der Waals surface area contributed by atoms with Crippen LogP contribution in [-0.4, -0.2) is 12.6 Å². The quantitative estimate of drug-likeness (QED) is 0.665. The fourth-order valence-corrected chi connectivity index (χ4v) is 1.72. The molecule has 1 amide bonds. The summed E-state index contributed by atoms with van der Waals surface area (Å²) >= 11 is 0. The lowest BCUT2D eigenvalue weighted by molar-refractivity contribution is -0.146. The number of amides is 1. The average Bonchev–Trinajstić information content (AvgIpc) is 2.04. The number of carbonyl (C=O) groups is 1. The van der Waals surface area contributed by atoms with Crippen molar-refractivity contribution in [2.45, 2.75) is 44.7 Å². The maximum Gasteiger partial charge on any atom is 0.389 e. The van der Waals surface area contributed by atoms with E-state index in [1.165, 1.54) is 0 Å². The average molecular weight is 211 g/mol. The van der Waals surface area contributed by atoms with Gasteiger partial charge in [-0.25, -0.2) is 0 Å². The summed E-state index contributed by atoms with van der Waals surface area (Å²) in [6, 6.07) is 0. The van der Waals surface area contributed by atoms with E-state index in [4.69, 9.17) is 4.79 Å². The van der Waals surface area contributed by atoms with Gasteiger partial charge in [0.1, 0.15) is 0 Å². The minimum Gasteiger partial charge on any atom is -0.372 e. The zero-order chi connectivity index (χ0) is 11.0. The van der Waals surface area contributed by atoms with Crippen LogP contribution < -0.4 is 5.73 Å². The SMILES string of the molecule is FC(F)(F)CC1CCCCC1.NC=O. The summed E-state index contributed by atoms with van der Waals surface area (Å²) in [6.07, 6.45) is 0.393. The third-order valence-corrected chi connectivity index (χ3v) is 2.24. The lowest BCUT2D eigenvalue weighted by Gasteiger charge is -2.22. The zero-order valence-electron chi connectivity index (χ0n) is 8.02. The molecule has 0 aromatic carbocycles. The van der Waals surface area contributed by atoms with Gasteiger partial charge in [0.25, 0.3) is 0 Å². The lowest BCUT2D eigenvalue weighted by Crippen LogP contribution is -2.17. The van der Waals surface area contributed by atoms with E-state index in [0.717, 1.165) is 32.1 Å². The van der Waals surface area contributed by atoms with Crippen molar-refractivity contribution >= 4 is 6.41 Å². The van der Waals surface area contributed by atoms with Crippen molar-refractivity contribution in [3.63, 3.8) is 0 Å². The van der Waals surface area contributed by atoms with Crippen molar-refractivity contribution in [3.8, 4) is 0 Å². The Morgan fingerprint density at radius 1 is 1.21 bits per heavy atom. The Bertz CT molecular complexity index is 153. The van der Waals surface area contributed by atoms with Crippen LogP contribution in [0.15, 0.2) is 0 Å². The van der Waals surface area contributed by atoms with Gasteiger partial charge in [-0.2, -0.15) is 13.2 Å². The highest BCUT2D eigenvalue weighted by molar-refractivity contribution is 5.42. The number of nitrogens with two attached hydrogens (primary N) is 1. The van der Waals surface area contributed by atoms with Gasteiger partial charge >= 0.3 is 6.18 Å². The molecule has 0 atom stereocenters. The number of halogens is 3. The maximum absolute atomic E-state index is 11.8. The molecule has 1 saturated carbocycles. The molecule has 0 aromatic heterocycles. The Morgan fingerprint density at radius 2 is 1.64 bits per heavy atom. The van der Waals surface area contributed by atoms with Gasteiger partial charge < -0.3 is 5.73 Å². The highest BCUT2D eigenvalue weighted by atomic mass is 19.4. The molecule has 0 unspecified atom stereocenters. The third kappa shape index (κ3) is 7.89. The second-order valence-electron chi connectivity index (χ2n) is 3.46. The van der Waals surface area contributed by atoms with Crippen molar-refractivity contribution in [2.24, 2.45) is 11.7 Å². The van der Waals surface area contributed by atoms with Crippen LogP contribution >= 0.6 is 0 Å². The summed E-state index contributed by atoms with van der Waals surface area (Å²) in [5, 5.41) is 0. The monoisotopic (exact) mass is 211 g/mol. The second-order valence-corrected chi connectivity index (χ2v) is 3.46. The van der Waals surface area contributed by atoms with Crippen molar-refractivity contribution in [3.05, 3.63) is 0 Å². The smallest absolute Gasteiger partial charge is 0.372 e. The van der Waals surface area contributed by atoms with Crippen molar-refractivity contribution in [1.82, 2.24) is 0 Å². The van der Waals surface area contributed by atoms with Gasteiger partial charge in [-0.3, -0.25) is 4.79 Å². The van der Waals surface area contributed by atoms with Crippen LogP contribution in [0.2, 0.25) is 0 Å². The first-order chi connectivity index (χ1) is 6.49. The summed E-state index contributed by atoms with van der Waals surface area (Å²) in [7, 11) is 0. The summed E-state index contributed by atoms with van der Waals surface area (Å²) in [5.41, 5.74) is 4.17. The minimum atomic E-state index is -3.94. The summed E-state index contributed by atoms with van der Waals surface area (Å²) < 4.78 is 35.5.